The van der Waals surface area contributed by atoms with E-state index in [4.69, 9.17) is 0 Å². The molecule has 0 saturated carbocycles. The molecule has 1 fully saturated rings. The Balaban J connectivity index is 1.24. The Morgan fingerprint density at radius 2 is 2.03 bits per heavy atom. The number of hydrogen-bond acceptors (Lipinski definition) is 6. The summed E-state index contributed by atoms with van der Waals surface area (Å²) in [6.07, 6.45) is 1.66. The minimum atomic E-state index is 0.0419. The van der Waals surface area contributed by atoms with Crippen molar-refractivity contribution >= 4 is 50.6 Å². The summed E-state index contributed by atoms with van der Waals surface area (Å²) in [6.45, 7) is 2.14. The number of fused-ring (bicyclic) bond motifs is 1. The van der Waals surface area contributed by atoms with Gasteiger partial charge in [0, 0.05) is 42.7 Å². The molecule has 1 aliphatic rings. The van der Waals surface area contributed by atoms with E-state index in [0.29, 0.717) is 12.5 Å². The van der Waals surface area contributed by atoms with Gasteiger partial charge in [0.05, 0.1) is 10.2 Å². The highest BCUT2D eigenvalue weighted by Gasteiger charge is 2.23. The van der Waals surface area contributed by atoms with Crippen molar-refractivity contribution in [3.63, 3.8) is 0 Å². The van der Waals surface area contributed by atoms with Crippen molar-refractivity contribution in [2.45, 2.75) is 23.2 Å². The Bertz CT molecular complexity index is 937. The molecule has 1 N–H and O–H groups in total. The first-order valence-electron chi connectivity index (χ1n) is 9.88. The normalized spacial score (nSPS) is 16.7. The van der Waals surface area contributed by atoms with E-state index in [1.165, 1.54) is 16.8 Å². The van der Waals surface area contributed by atoms with Crippen molar-refractivity contribution in [2.75, 3.05) is 43.2 Å². The predicted octanol–water partition coefficient (Wildman–Crippen LogP) is 4.56. The number of carbonyl (C=O) groups excluding carboxylic acids is 1. The van der Waals surface area contributed by atoms with Gasteiger partial charge in [0.15, 0.2) is 4.34 Å². The lowest BCUT2D eigenvalue weighted by Crippen LogP contribution is -2.31. The molecule has 152 valence electrons. The van der Waals surface area contributed by atoms with Crippen molar-refractivity contribution < 1.29 is 4.79 Å². The lowest BCUT2D eigenvalue weighted by atomic mass is 10.2. The minimum absolute atomic E-state index is 0.0419. The van der Waals surface area contributed by atoms with E-state index in [-0.39, 0.29) is 5.91 Å². The third kappa shape index (κ3) is 5.10. The van der Waals surface area contributed by atoms with Crippen LogP contribution in [0.5, 0.6) is 0 Å². The van der Waals surface area contributed by atoms with Crippen LogP contribution in [0.25, 0.3) is 10.2 Å². The number of rotatable bonds is 7. The molecule has 3 aromatic rings. The van der Waals surface area contributed by atoms with Crippen LogP contribution in [0.1, 0.15) is 12.8 Å². The van der Waals surface area contributed by atoms with Gasteiger partial charge in [-0.1, -0.05) is 23.9 Å². The molecule has 0 bridgehead atoms. The summed E-state index contributed by atoms with van der Waals surface area (Å²) < 4.78 is 2.21. The second-order valence-corrected chi connectivity index (χ2v) is 9.87. The van der Waals surface area contributed by atoms with Gasteiger partial charge in [0.25, 0.3) is 0 Å². The van der Waals surface area contributed by atoms with Crippen molar-refractivity contribution in [1.29, 1.82) is 0 Å². The SMILES string of the molecule is CN(C)C1CCN(c2ccc(NC(=O)CCSc3nc4ccccc4s3)cc2)C1. The second-order valence-electron chi connectivity index (χ2n) is 7.49. The average Bonchev–Trinajstić information content (AvgIpc) is 3.35. The summed E-state index contributed by atoms with van der Waals surface area (Å²) in [5, 5.41) is 3.00. The molecule has 1 atom stereocenters. The summed E-state index contributed by atoms with van der Waals surface area (Å²) in [7, 11) is 4.28. The van der Waals surface area contributed by atoms with Crippen LogP contribution in [0.2, 0.25) is 0 Å². The standard InChI is InChI=1S/C22H26N4OS2/c1-25(2)18-11-13-26(15-18)17-9-7-16(8-10-17)23-21(27)12-14-28-22-24-19-5-3-4-6-20(19)29-22/h3-10,18H,11-15H2,1-2H3,(H,23,27). The first-order chi connectivity index (χ1) is 14.1. The molecular formula is C22H26N4OS2. The number of likely N-dealkylation sites (N-methyl/N-ethyl adjacent to an activating group) is 1. The molecule has 29 heavy (non-hydrogen) atoms. The molecule has 4 rings (SSSR count). The van der Waals surface area contributed by atoms with Crippen molar-refractivity contribution in [3.8, 4) is 0 Å². The number of aromatic nitrogens is 1. The topological polar surface area (TPSA) is 48.5 Å². The number of thioether (sulfide) groups is 1. The number of para-hydroxylation sites is 1. The van der Waals surface area contributed by atoms with Crippen LogP contribution in [0, 0.1) is 0 Å². The zero-order chi connectivity index (χ0) is 20.2. The van der Waals surface area contributed by atoms with E-state index < -0.39 is 0 Å². The van der Waals surface area contributed by atoms with E-state index in [1.807, 2.05) is 30.3 Å². The van der Waals surface area contributed by atoms with Crippen LogP contribution < -0.4 is 10.2 Å². The van der Waals surface area contributed by atoms with E-state index >= 15 is 0 Å². The van der Waals surface area contributed by atoms with Crippen molar-refractivity contribution in [3.05, 3.63) is 48.5 Å². The zero-order valence-corrected chi connectivity index (χ0v) is 18.4. The number of thiazole rings is 1. The Labute approximate surface area is 180 Å². The Kier molecular flexibility index (Phi) is 6.37. The Morgan fingerprint density at radius 3 is 2.76 bits per heavy atom. The van der Waals surface area contributed by atoms with Crippen LogP contribution in [-0.2, 0) is 4.79 Å². The van der Waals surface area contributed by atoms with Crippen LogP contribution in [0.4, 0.5) is 11.4 Å². The zero-order valence-electron chi connectivity index (χ0n) is 16.8. The van der Waals surface area contributed by atoms with Crippen LogP contribution >= 0.6 is 23.1 Å². The number of nitrogens with one attached hydrogen (secondary N) is 1. The molecule has 0 spiro atoms. The van der Waals surface area contributed by atoms with Crippen molar-refractivity contribution in [1.82, 2.24) is 9.88 Å². The Morgan fingerprint density at radius 1 is 1.24 bits per heavy atom. The summed E-state index contributed by atoms with van der Waals surface area (Å²) in [6, 6.07) is 16.9. The van der Waals surface area contributed by atoms with Crippen molar-refractivity contribution in [2.24, 2.45) is 0 Å². The third-order valence-corrected chi connectivity index (χ3v) is 7.42. The van der Waals surface area contributed by atoms with Gasteiger partial charge in [0.2, 0.25) is 5.91 Å². The number of hydrogen-bond donors (Lipinski definition) is 1. The quantitative estimate of drug-likeness (QED) is 0.562. The smallest absolute Gasteiger partial charge is 0.225 e. The molecule has 1 aliphatic heterocycles. The molecule has 0 radical (unpaired) electrons. The monoisotopic (exact) mass is 426 g/mol. The van der Waals surface area contributed by atoms with Crippen LogP contribution in [0.3, 0.4) is 0 Å². The van der Waals surface area contributed by atoms with E-state index in [0.717, 1.165) is 34.4 Å². The molecule has 7 heteroatoms. The van der Waals surface area contributed by atoms with Gasteiger partial charge >= 0.3 is 0 Å². The summed E-state index contributed by atoms with van der Waals surface area (Å²) in [5.74, 6) is 0.767. The lowest BCUT2D eigenvalue weighted by Gasteiger charge is -2.22. The van der Waals surface area contributed by atoms with Crippen LogP contribution in [-0.4, -0.2) is 54.8 Å². The number of benzene rings is 2. The lowest BCUT2D eigenvalue weighted by molar-refractivity contribution is -0.115. The maximum atomic E-state index is 12.3. The molecule has 1 amide bonds. The van der Waals surface area contributed by atoms with Gasteiger partial charge in [-0.2, -0.15) is 0 Å². The summed E-state index contributed by atoms with van der Waals surface area (Å²) >= 11 is 3.32. The fraction of sp³-hybridized carbons (Fsp3) is 0.364. The second kappa shape index (κ2) is 9.15. The van der Waals surface area contributed by atoms with Gasteiger partial charge in [-0.05, 0) is 56.9 Å². The third-order valence-electron chi connectivity index (χ3n) is 5.24. The number of nitrogens with zero attached hydrogens (tertiary/aromatic N) is 3. The molecule has 0 aliphatic carbocycles. The van der Waals surface area contributed by atoms with E-state index in [1.54, 1.807) is 23.1 Å². The van der Waals surface area contributed by atoms with E-state index in [2.05, 4.69) is 52.4 Å². The molecule has 2 heterocycles. The van der Waals surface area contributed by atoms with Gasteiger partial charge in [-0.25, -0.2) is 4.98 Å². The molecule has 1 aromatic heterocycles. The highest BCUT2D eigenvalue weighted by molar-refractivity contribution is 8.01. The van der Waals surface area contributed by atoms with Crippen LogP contribution in [0.15, 0.2) is 52.9 Å². The van der Waals surface area contributed by atoms with Gasteiger partial charge in [0.1, 0.15) is 0 Å². The summed E-state index contributed by atoms with van der Waals surface area (Å²) in [5.41, 5.74) is 3.10. The fourth-order valence-electron chi connectivity index (χ4n) is 3.52. The number of anilines is 2. The number of amides is 1. The van der Waals surface area contributed by atoms with Gasteiger partial charge in [-0.3, -0.25) is 4.79 Å². The first kappa shape index (κ1) is 20.2. The molecule has 1 unspecified atom stereocenters. The first-order valence-corrected chi connectivity index (χ1v) is 11.7. The molecular weight excluding hydrogens is 400 g/mol. The maximum absolute atomic E-state index is 12.3. The fourth-order valence-corrected chi connectivity index (χ4v) is 5.60. The van der Waals surface area contributed by atoms with Gasteiger partial charge in [-0.15, -0.1) is 11.3 Å². The predicted molar refractivity (Wildman–Crippen MR) is 124 cm³/mol. The molecule has 1 saturated heterocycles. The Hall–Kier alpha value is -2.09. The largest absolute Gasteiger partial charge is 0.370 e. The maximum Gasteiger partial charge on any atom is 0.225 e. The minimum Gasteiger partial charge on any atom is -0.370 e. The van der Waals surface area contributed by atoms with Gasteiger partial charge < -0.3 is 15.1 Å². The summed E-state index contributed by atoms with van der Waals surface area (Å²) in [4.78, 5) is 21.6. The molecule has 2 aromatic carbocycles. The average molecular weight is 427 g/mol. The molecule has 5 nitrogen and oxygen atoms in total. The number of carbonyl (C=O) groups is 1. The highest BCUT2D eigenvalue weighted by Crippen LogP contribution is 2.29. The highest BCUT2D eigenvalue weighted by atomic mass is 32.2. The van der Waals surface area contributed by atoms with E-state index in [9.17, 15) is 4.79 Å².